The van der Waals surface area contributed by atoms with Crippen molar-refractivity contribution >= 4 is 17.6 Å². The highest BCUT2D eigenvalue weighted by atomic mass is 16.5. The summed E-state index contributed by atoms with van der Waals surface area (Å²) in [5, 5.41) is 12.0. The number of nitrogens with zero attached hydrogens (tertiary/aromatic N) is 2. The second kappa shape index (κ2) is 5.57. The first-order valence-corrected chi connectivity index (χ1v) is 6.21. The monoisotopic (exact) mass is 254 g/mol. The van der Waals surface area contributed by atoms with Crippen LogP contribution in [-0.4, -0.2) is 25.0 Å². The van der Waals surface area contributed by atoms with Gasteiger partial charge in [0.2, 0.25) is 5.69 Å². The highest BCUT2D eigenvalue weighted by molar-refractivity contribution is 5.77. The lowest BCUT2D eigenvalue weighted by molar-refractivity contribution is -0.354. The summed E-state index contributed by atoms with van der Waals surface area (Å²) < 4.78 is 0.893. The molecule has 0 radical (unpaired) electrons. The van der Waals surface area contributed by atoms with Gasteiger partial charge in [-0.1, -0.05) is 17.7 Å². The lowest BCUT2D eigenvalue weighted by Gasteiger charge is -2.11. The van der Waals surface area contributed by atoms with E-state index in [-0.39, 0.29) is 0 Å². The molecule has 0 bridgehead atoms. The molecule has 0 heterocycles. The summed E-state index contributed by atoms with van der Waals surface area (Å²) in [6.07, 6.45) is 1.59. The van der Waals surface area contributed by atoms with E-state index in [1.54, 1.807) is 6.21 Å². The molecular weight excluding hydrogens is 236 g/mol. The van der Waals surface area contributed by atoms with E-state index in [9.17, 15) is 5.21 Å². The van der Waals surface area contributed by atoms with Gasteiger partial charge in [-0.3, -0.25) is 0 Å². The van der Waals surface area contributed by atoms with Crippen LogP contribution < -0.4 is 4.90 Å². The van der Waals surface area contributed by atoms with Gasteiger partial charge in [0, 0.05) is 37.5 Å². The number of hydrogen-bond donors (Lipinski definition) is 0. The van der Waals surface area contributed by atoms with Gasteiger partial charge in [-0.15, -0.1) is 0 Å². The second-order valence-electron chi connectivity index (χ2n) is 4.78. The fraction of sp³-hybridized carbons (Fsp3) is 0.188. The topological polar surface area (TPSA) is 29.3 Å². The summed E-state index contributed by atoms with van der Waals surface area (Å²) in [5.74, 6) is 0. The number of hydrogen-bond acceptors (Lipinski definition) is 2. The Hall–Kier alpha value is -2.29. The van der Waals surface area contributed by atoms with Gasteiger partial charge in [0.05, 0.1) is 0 Å². The van der Waals surface area contributed by atoms with E-state index >= 15 is 0 Å². The Balaban J connectivity index is 2.22. The number of aryl methyl sites for hydroxylation is 1. The molecule has 0 fully saturated rings. The van der Waals surface area contributed by atoms with Gasteiger partial charge in [-0.2, -0.15) is 4.74 Å². The van der Waals surface area contributed by atoms with Crippen molar-refractivity contribution in [3.8, 4) is 0 Å². The van der Waals surface area contributed by atoms with Gasteiger partial charge >= 0.3 is 0 Å². The zero-order chi connectivity index (χ0) is 13.8. The molecule has 98 valence electrons. The van der Waals surface area contributed by atoms with Crippen molar-refractivity contribution < 1.29 is 4.74 Å². The van der Waals surface area contributed by atoms with Crippen molar-refractivity contribution in [2.24, 2.45) is 0 Å². The van der Waals surface area contributed by atoms with E-state index in [1.165, 1.54) is 0 Å². The molecule has 0 spiro atoms. The predicted molar refractivity (Wildman–Crippen MR) is 80.4 cm³/mol. The van der Waals surface area contributed by atoms with Crippen LogP contribution in [0.2, 0.25) is 0 Å². The Morgan fingerprint density at radius 3 is 2.05 bits per heavy atom. The molecule has 2 aromatic carbocycles. The summed E-state index contributed by atoms with van der Waals surface area (Å²) >= 11 is 0. The van der Waals surface area contributed by atoms with Crippen LogP contribution in [0.25, 0.3) is 0 Å². The van der Waals surface area contributed by atoms with Crippen LogP contribution in [0.1, 0.15) is 11.1 Å². The Kier molecular flexibility index (Phi) is 3.85. The van der Waals surface area contributed by atoms with Crippen LogP contribution in [-0.2, 0) is 0 Å². The Labute approximate surface area is 114 Å². The van der Waals surface area contributed by atoms with Gasteiger partial charge in [-0.05, 0) is 31.2 Å². The summed E-state index contributed by atoms with van der Waals surface area (Å²) in [6.45, 7) is 2.00. The molecule has 2 rings (SSSR count). The molecule has 0 atom stereocenters. The third kappa shape index (κ3) is 3.35. The van der Waals surface area contributed by atoms with Crippen molar-refractivity contribution in [3.05, 3.63) is 64.9 Å². The van der Waals surface area contributed by atoms with Gasteiger partial charge < -0.3 is 10.1 Å². The van der Waals surface area contributed by atoms with Crippen molar-refractivity contribution in [2.75, 3.05) is 19.0 Å². The average Bonchev–Trinajstić information content (AvgIpc) is 2.40. The molecule has 19 heavy (non-hydrogen) atoms. The zero-order valence-corrected chi connectivity index (χ0v) is 11.5. The zero-order valence-electron chi connectivity index (χ0n) is 11.5. The molecule has 0 N–H and O–H groups in total. The smallest absolute Gasteiger partial charge is 0.216 e. The third-order valence-corrected chi connectivity index (χ3v) is 2.96. The summed E-state index contributed by atoms with van der Waals surface area (Å²) in [4.78, 5) is 2.03. The van der Waals surface area contributed by atoms with Crippen LogP contribution in [0, 0.1) is 12.1 Å². The van der Waals surface area contributed by atoms with Crippen molar-refractivity contribution in [2.45, 2.75) is 6.92 Å². The minimum atomic E-state index is 0.641. The van der Waals surface area contributed by atoms with Crippen LogP contribution in [0.4, 0.5) is 11.4 Å². The fourth-order valence-electron chi connectivity index (χ4n) is 1.76. The molecular formula is C16H18N2O. The summed E-state index contributed by atoms with van der Waals surface area (Å²) in [7, 11) is 3.98. The average molecular weight is 254 g/mol. The van der Waals surface area contributed by atoms with Crippen LogP contribution in [0.5, 0.6) is 0 Å². The summed E-state index contributed by atoms with van der Waals surface area (Å²) in [5.41, 5.74) is 3.79. The van der Waals surface area contributed by atoms with E-state index in [0.717, 1.165) is 21.6 Å². The molecule has 0 saturated carbocycles. The first-order valence-electron chi connectivity index (χ1n) is 6.21. The van der Waals surface area contributed by atoms with Gasteiger partial charge in [0.15, 0.2) is 6.21 Å². The van der Waals surface area contributed by atoms with Crippen molar-refractivity contribution in [1.29, 1.82) is 0 Å². The molecule has 0 aliphatic carbocycles. The van der Waals surface area contributed by atoms with E-state index in [4.69, 9.17) is 0 Å². The largest absolute Gasteiger partial charge is 0.618 e. The molecule has 0 aliphatic heterocycles. The molecule has 0 unspecified atom stereocenters. The van der Waals surface area contributed by atoms with Gasteiger partial charge in [-0.25, -0.2) is 0 Å². The molecule has 0 aliphatic rings. The van der Waals surface area contributed by atoms with Gasteiger partial charge in [0.25, 0.3) is 0 Å². The third-order valence-electron chi connectivity index (χ3n) is 2.96. The van der Waals surface area contributed by atoms with Crippen LogP contribution in [0.15, 0.2) is 48.5 Å². The number of benzene rings is 2. The minimum Gasteiger partial charge on any atom is -0.618 e. The molecule has 0 aromatic heterocycles. The Morgan fingerprint density at radius 1 is 0.947 bits per heavy atom. The van der Waals surface area contributed by atoms with Crippen molar-refractivity contribution in [1.82, 2.24) is 0 Å². The van der Waals surface area contributed by atoms with E-state index in [0.29, 0.717) is 5.69 Å². The normalized spacial score (nSPS) is 11.4. The minimum absolute atomic E-state index is 0.641. The maximum atomic E-state index is 12.0. The molecule has 3 nitrogen and oxygen atoms in total. The Bertz CT molecular complexity index is 569. The SMILES string of the molecule is Cc1ccc([N+]([O-])=Cc2ccc(N(C)C)cc2)cc1. The predicted octanol–water partition coefficient (Wildman–Crippen LogP) is 3.32. The van der Waals surface area contributed by atoms with E-state index in [2.05, 4.69) is 0 Å². The quantitative estimate of drug-likeness (QED) is 0.364. The lowest BCUT2D eigenvalue weighted by atomic mass is 10.2. The molecule has 0 saturated heterocycles. The number of rotatable bonds is 3. The lowest BCUT2D eigenvalue weighted by Crippen LogP contribution is -2.08. The highest BCUT2D eigenvalue weighted by Crippen LogP contribution is 2.14. The fourth-order valence-corrected chi connectivity index (χ4v) is 1.76. The van der Waals surface area contributed by atoms with E-state index < -0.39 is 0 Å². The molecule has 0 amide bonds. The van der Waals surface area contributed by atoms with E-state index in [1.807, 2.05) is 74.4 Å². The maximum absolute atomic E-state index is 12.0. The first kappa shape index (κ1) is 13.1. The van der Waals surface area contributed by atoms with Crippen molar-refractivity contribution in [3.63, 3.8) is 0 Å². The number of anilines is 1. The van der Waals surface area contributed by atoms with Gasteiger partial charge in [0.1, 0.15) is 0 Å². The maximum Gasteiger partial charge on any atom is 0.216 e. The van der Waals surface area contributed by atoms with Crippen LogP contribution in [0.3, 0.4) is 0 Å². The molecule has 2 aromatic rings. The molecule has 3 heteroatoms. The summed E-state index contributed by atoms with van der Waals surface area (Å²) in [6, 6.07) is 15.4. The second-order valence-corrected chi connectivity index (χ2v) is 4.78. The Morgan fingerprint density at radius 2 is 1.53 bits per heavy atom. The first-order chi connectivity index (χ1) is 9.06. The standard InChI is InChI=1S/C16H18N2O/c1-13-4-8-16(9-5-13)18(19)12-14-6-10-15(11-7-14)17(2)3/h4-12H,1-3H3. The van der Waals surface area contributed by atoms with Crippen LogP contribution >= 0.6 is 0 Å². The highest BCUT2D eigenvalue weighted by Gasteiger charge is 2.02.